The molecule has 0 heterocycles. The van der Waals surface area contributed by atoms with Crippen LogP contribution in [0.2, 0.25) is 0 Å². The minimum absolute atomic E-state index is 0.815. The molecule has 1 aromatic rings. The summed E-state index contributed by atoms with van der Waals surface area (Å²) >= 11 is 0. The number of rotatable bonds is 4. The lowest BCUT2D eigenvalue weighted by molar-refractivity contribution is -0.712. The topological polar surface area (TPSA) is 25.8 Å². The van der Waals surface area contributed by atoms with Crippen LogP contribution < -0.4 is 10.1 Å². The summed E-state index contributed by atoms with van der Waals surface area (Å²) in [4.78, 5) is 0. The number of quaternary nitrogens is 1. The van der Waals surface area contributed by atoms with E-state index < -0.39 is 0 Å². The average Bonchev–Trinajstić information content (AvgIpc) is 2.38. The third-order valence-electron chi connectivity index (χ3n) is 3.97. The van der Waals surface area contributed by atoms with Crippen LogP contribution in [-0.2, 0) is 6.54 Å². The number of ether oxygens (including phenoxy) is 1. The van der Waals surface area contributed by atoms with Crippen LogP contribution in [0.15, 0.2) is 24.3 Å². The van der Waals surface area contributed by atoms with Crippen LogP contribution in [0.25, 0.3) is 0 Å². The number of benzene rings is 1. The molecule has 1 aliphatic carbocycles. The van der Waals surface area contributed by atoms with Crippen molar-refractivity contribution in [2.75, 3.05) is 7.11 Å². The standard InChI is InChI=1S/C15H23NO/c1-12-6-3-4-9-15(12)16-11-13-7-5-8-14(10-13)17-2/h5,7-8,10,12,15-16H,3-4,6,9,11H2,1-2H3/p+1/t12-,15+/m0/s1. The predicted molar refractivity (Wildman–Crippen MR) is 70.0 cm³/mol. The van der Waals surface area contributed by atoms with Crippen LogP contribution in [0.3, 0.4) is 0 Å². The molecule has 17 heavy (non-hydrogen) atoms. The highest BCUT2D eigenvalue weighted by molar-refractivity contribution is 5.27. The van der Waals surface area contributed by atoms with Crippen LogP contribution in [0.1, 0.15) is 38.2 Å². The van der Waals surface area contributed by atoms with Crippen molar-refractivity contribution in [1.29, 1.82) is 0 Å². The molecule has 2 heteroatoms. The zero-order chi connectivity index (χ0) is 12.1. The maximum Gasteiger partial charge on any atom is 0.119 e. The van der Waals surface area contributed by atoms with E-state index in [0.717, 1.165) is 24.3 Å². The highest BCUT2D eigenvalue weighted by Crippen LogP contribution is 2.21. The first kappa shape index (κ1) is 12.4. The Balaban J connectivity index is 1.88. The van der Waals surface area contributed by atoms with Gasteiger partial charge in [-0.15, -0.1) is 0 Å². The highest BCUT2D eigenvalue weighted by atomic mass is 16.5. The molecule has 0 unspecified atom stereocenters. The first-order valence-electron chi connectivity index (χ1n) is 6.76. The van der Waals surface area contributed by atoms with Gasteiger partial charge >= 0.3 is 0 Å². The molecule has 1 saturated carbocycles. The summed E-state index contributed by atoms with van der Waals surface area (Å²) in [5.74, 6) is 1.84. The van der Waals surface area contributed by atoms with Gasteiger partial charge in [0.1, 0.15) is 12.3 Å². The Morgan fingerprint density at radius 1 is 1.29 bits per heavy atom. The van der Waals surface area contributed by atoms with Gasteiger partial charge in [-0.1, -0.05) is 25.5 Å². The third-order valence-corrected chi connectivity index (χ3v) is 3.97. The smallest absolute Gasteiger partial charge is 0.119 e. The summed E-state index contributed by atoms with van der Waals surface area (Å²) in [5, 5.41) is 2.51. The molecule has 1 aromatic carbocycles. The molecule has 2 rings (SSSR count). The van der Waals surface area contributed by atoms with Gasteiger partial charge in [-0.05, 0) is 31.4 Å². The SMILES string of the molecule is COc1cccc(C[NH2+][C@@H]2CCCC[C@@H]2C)c1. The molecule has 0 aliphatic heterocycles. The van der Waals surface area contributed by atoms with E-state index in [4.69, 9.17) is 4.74 Å². The fourth-order valence-corrected chi connectivity index (χ4v) is 2.78. The Bertz CT molecular complexity index is 351. The van der Waals surface area contributed by atoms with Crippen LogP contribution in [0.4, 0.5) is 0 Å². The number of methoxy groups -OCH3 is 1. The van der Waals surface area contributed by atoms with Gasteiger partial charge in [0.15, 0.2) is 0 Å². The largest absolute Gasteiger partial charge is 0.497 e. The Morgan fingerprint density at radius 3 is 2.88 bits per heavy atom. The second-order valence-electron chi connectivity index (χ2n) is 5.22. The van der Waals surface area contributed by atoms with Crippen LogP contribution in [-0.4, -0.2) is 13.2 Å². The van der Waals surface area contributed by atoms with E-state index >= 15 is 0 Å². The van der Waals surface area contributed by atoms with Crippen LogP contribution in [0, 0.1) is 5.92 Å². The summed E-state index contributed by atoms with van der Waals surface area (Å²) in [6.45, 7) is 3.47. The van der Waals surface area contributed by atoms with Gasteiger partial charge in [0, 0.05) is 11.5 Å². The Kier molecular flexibility index (Phi) is 4.43. The summed E-state index contributed by atoms with van der Waals surface area (Å²) in [6, 6.07) is 9.23. The second-order valence-corrected chi connectivity index (χ2v) is 5.22. The number of hydrogen-bond donors (Lipinski definition) is 1. The summed E-state index contributed by atoms with van der Waals surface area (Å²) in [5.41, 5.74) is 1.36. The Morgan fingerprint density at radius 2 is 2.12 bits per heavy atom. The maximum absolute atomic E-state index is 5.25. The summed E-state index contributed by atoms with van der Waals surface area (Å²) in [7, 11) is 1.73. The van der Waals surface area contributed by atoms with Crippen molar-refractivity contribution in [2.45, 2.75) is 45.2 Å². The second kappa shape index (κ2) is 6.06. The molecular weight excluding hydrogens is 210 g/mol. The molecule has 0 bridgehead atoms. The van der Waals surface area contributed by atoms with Crippen molar-refractivity contribution in [3.8, 4) is 5.75 Å². The van der Waals surface area contributed by atoms with E-state index in [-0.39, 0.29) is 0 Å². The summed E-state index contributed by atoms with van der Waals surface area (Å²) < 4.78 is 5.25. The molecule has 2 atom stereocenters. The van der Waals surface area contributed by atoms with Crippen molar-refractivity contribution in [1.82, 2.24) is 0 Å². The molecular formula is C15H24NO+. The van der Waals surface area contributed by atoms with Gasteiger partial charge in [0.2, 0.25) is 0 Å². The van der Waals surface area contributed by atoms with Gasteiger partial charge in [0.25, 0.3) is 0 Å². The molecule has 1 fully saturated rings. The molecule has 0 radical (unpaired) electrons. The fourth-order valence-electron chi connectivity index (χ4n) is 2.78. The molecule has 94 valence electrons. The van der Waals surface area contributed by atoms with E-state index in [1.807, 2.05) is 6.07 Å². The van der Waals surface area contributed by atoms with E-state index in [1.165, 1.54) is 31.2 Å². The Hall–Kier alpha value is -1.02. The van der Waals surface area contributed by atoms with Gasteiger partial charge in [-0.3, -0.25) is 0 Å². The molecule has 0 spiro atoms. The quantitative estimate of drug-likeness (QED) is 0.850. The minimum atomic E-state index is 0.815. The third kappa shape index (κ3) is 3.47. The van der Waals surface area contributed by atoms with E-state index in [1.54, 1.807) is 7.11 Å². The van der Waals surface area contributed by atoms with E-state index in [2.05, 4.69) is 30.4 Å². The van der Waals surface area contributed by atoms with Crippen molar-refractivity contribution in [3.05, 3.63) is 29.8 Å². The lowest BCUT2D eigenvalue weighted by Gasteiger charge is -2.26. The highest BCUT2D eigenvalue weighted by Gasteiger charge is 2.23. The number of nitrogens with two attached hydrogens (primary N) is 1. The first-order chi connectivity index (χ1) is 8.29. The minimum Gasteiger partial charge on any atom is -0.497 e. The molecule has 0 amide bonds. The van der Waals surface area contributed by atoms with Crippen molar-refractivity contribution in [2.24, 2.45) is 5.92 Å². The average molecular weight is 234 g/mol. The van der Waals surface area contributed by atoms with Gasteiger partial charge in [0.05, 0.1) is 13.2 Å². The molecule has 0 aromatic heterocycles. The lowest BCUT2D eigenvalue weighted by Crippen LogP contribution is -2.90. The number of hydrogen-bond acceptors (Lipinski definition) is 1. The van der Waals surface area contributed by atoms with E-state index in [9.17, 15) is 0 Å². The van der Waals surface area contributed by atoms with Crippen molar-refractivity contribution >= 4 is 0 Å². The van der Waals surface area contributed by atoms with Gasteiger partial charge in [-0.25, -0.2) is 0 Å². The van der Waals surface area contributed by atoms with Gasteiger partial charge in [-0.2, -0.15) is 0 Å². The predicted octanol–water partition coefficient (Wildman–Crippen LogP) is 2.34. The van der Waals surface area contributed by atoms with Crippen LogP contribution in [0.5, 0.6) is 5.75 Å². The lowest BCUT2D eigenvalue weighted by atomic mass is 9.86. The van der Waals surface area contributed by atoms with Crippen molar-refractivity contribution < 1.29 is 10.1 Å². The zero-order valence-electron chi connectivity index (χ0n) is 11.0. The van der Waals surface area contributed by atoms with E-state index in [0.29, 0.717) is 0 Å². The molecule has 0 saturated heterocycles. The fraction of sp³-hybridized carbons (Fsp3) is 0.600. The van der Waals surface area contributed by atoms with Gasteiger partial charge < -0.3 is 10.1 Å². The Labute approximate surface area is 104 Å². The monoisotopic (exact) mass is 234 g/mol. The maximum atomic E-state index is 5.25. The summed E-state index contributed by atoms with van der Waals surface area (Å²) in [6.07, 6.45) is 5.61. The van der Waals surface area contributed by atoms with Crippen molar-refractivity contribution in [3.63, 3.8) is 0 Å². The first-order valence-corrected chi connectivity index (χ1v) is 6.76. The zero-order valence-corrected chi connectivity index (χ0v) is 11.0. The van der Waals surface area contributed by atoms with Crippen LogP contribution >= 0.6 is 0 Å². The molecule has 1 aliphatic rings. The molecule has 2 nitrogen and oxygen atoms in total. The normalized spacial score (nSPS) is 24.6. The molecule has 2 N–H and O–H groups in total.